The highest BCUT2D eigenvalue weighted by molar-refractivity contribution is 5.96. The topological polar surface area (TPSA) is 99.3 Å². The van der Waals surface area contributed by atoms with Gasteiger partial charge in [0.15, 0.2) is 0 Å². The van der Waals surface area contributed by atoms with E-state index < -0.39 is 0 Å². The molecule has 7 heteroatoms. The van der Waals surface area contributed by atoms with Crippen molar-refractivity contribution >= 4 is 29.1 Å². The monoisotopic (exact) mass is 382 g/mol. The minimum absolute atomic E-state index is 0.138. The SMILES string of the molecule is CC(=O)NCCNC(=O)c1ccc(NC(=O)CNc2ccc(C)cc2C)cc1. The molecule has 0 aliphatic rings. The fraction of sp³-hybridized carbons (Fsp3) is 0.286. The zero-order chi connectivity index (χ0) is 20.5. The molecule has 2 aromatic carbocycles. The molecule has 0 radical (unpaired) electrons. The molecule has 0 atom stereocenters. The summed E-state index contributed by atoms with van der Waals surface area (Å²) in [6.07, 6.45) is 0. The molecule has 0 heterocycles. The first-order valence-corrected chi connectivity index (χ1v) is 9.09. The van der Waals surface area contributed by atoms with Crippen molar-refractivity contribution in [2.45, 2.75) is 20.8 Å². The van der Waals surface area contributed by atoms with Crippen LogP contribution in [0.2, 0.25) is 0 Å². The Bertz CT molecular complexity index is 847. The lowest BCUT2D eigenvalue weighted by Crippen LogP contribution is -2.33. The lowest BCUT2D eigenvalue weighted by molar-refractivity contribution is -0.119. The molecule has 7 nitrogen and oxygen atoms in total. The number of benzene rings is 2. The van der Waals surface area contributed by atoms with E-state index in [4.69, 9.17) is 0 Å². The maximum Gasteiger partial charge on any atom is 0.251 e. The molecule has 0 saturated heterocycles. The van der Waals surface area contributed by atoms with E-state index in [1.54, 1.807) is 24.3 Å². The Morgan fingerprint density at radius 2 is 1.57 bits per heavy atom. The summed E-state index contributed by atoms with van der Waals surface area (Å²) in [7, 11) is 0. The van der Waals surface area contributed by atoms with Crippen LogP contribution in [0.5, 0.6) is 0 Å². The van der Waals surface area contributed by atoms with Crippen molar-refractivity contribution in [3.8, 4) is 0 Å². The second-order valence-electron chi connectivity index (χ2n) is 6.54. The first kappa shape index (κ1) is 21.0. The summed E-state index contributed by atoms with van der Waals surface area (Å²) in [5, 5.41) is 11.2. The standard InChI is InChI=1S/C21H26N4O3/c1-14-4-9-19(15(2)12-14)24-13-20(27)25-18-7-5-17(6-8-18)21(28)23-11-10-22-16(3)26/h4-9,12,24H,10-11,13H2,1-3H3,(H,22,26)(H,23,28)(H,25,27). The summed E-state index contributed by atoms with van der Waals surface area (Å²) in [5.74, 6) is -0.548. The van der Waals surface area contributed by atoms with E-state index in [2.05, 4.69) is 27.3 Å². The van der Waals surface area contributed by atoms with E-state index >= 15 is 0 Å². The molecule has 0 aliphatic carbocycles. The minimum atomic E-state index is -0.236. The summed E-state index contributed by atoms with van der Waals surface area (Å²) < 4.78 is 0. The molecular formula is C21H26N4O3. The molecule has 0 aliphatic heterocycles. The van der Waals surface area contributed by atoms with Crippen LogP contribution in [0.25, 0.3) is 0 Å². The largest absolute Gasteiger partial charge is 0.376 e. The third kappa shape index (κ3) is 6.75. The van der Waals surface area contributed by atoms with Gasteiger partial charge in [-0.3, -0.25) is 14.4 Å². The van der Waals surface area contributed by atoms with Crippen molar-refractivity contribution in [2.24, 2.45) is 0 Å². The molecule has 2 rings (SSSR count). The number of rotatable bonds is 8. The normalized spacial score (nSPS) is 10.1. The van der Waals surface area contributed by atoms with Gasteiger partial charge in [-0.15, -0.1) is 0 Å². The number of nitrogens with one attached hydrogen (secondary N) is 4. The lowest BCUT2D eigenvalue weighted by Gasteiger charge is -2.11. The average Bonchev–Trinajstić information content (AvgIpc) is 2.65. The van der Waals surface area contributed by atoms with Crippen LogP contribution in [0.15, 0.2) is 42.5 Å². The summed E-state index contributed by atoms with van der Waals surface area (Å²) in [6, 6.07) is 12.6. The van der Waals surface area contributed by atoms with Gasteiger partial charge in [0.25, 0.3) is 5.91 Å². The van der Waals surface area contributed by atoms with Gasteiger partial charge in [-0.25, -0.2) is 0 Å². The Balaban J connectivity index is 1.80. The van der Waals surface area contributed by atoms with Crippen molar-refractivity contribution in [1.82, 2.24) is 10.6 Å². The molecule has 2 aromatic rings. The van der Waals surface area contributed by atoms with E-state index in [0.29, 0.717) is 24.3 Å². The first-order chi connectivity index (χ1) is 13.3. The van der Waals surface area contributed by atoms with Gasteiger partial charge in [0.2, 0.25) is 11.8 Å². The molecule has 0 spiro atoms. The highest BCUT2D eigenvalue weighted by Crippen LogP contribution is 2.16. The smallest absolute Gasteiger partial charge is 0.251 e. The van der Waals surface area contributed by atoms with Crippen LogP contribution in [0, 0.1) is 13.8 Å². The van der Waals surface area contributed by atoms with Gasteiger partial charge in [0.05, 0.1) is 6.54 Å². The Kier molecular flexibility index (Phi) is 7.56. The maximum absolute atomic E-state index is 12.1. The third-order valence-corrected chi connectivity index (χ3v) is 4.04. The van der Waals surface area contributed by atoms with Crippen LogP contribution in [0.4, 0.5) is 11.4 Å². The fourth-order valence-corrected chi connectivity index (χ4v) is 2.61. The second-order valence-corrected chi connectivity index (χ2v) is 6.54. The van der Waals surface area contributed by atoms with Gasteiger partial charge in [0, 0.05) is 37.0 Å². The second kappa shape index (κ2) is 10.1. The molecule has 3 amide bonds. The van der Waals surface area contributed by atoms with Crippen LogP contribution < -0.4 is 21.3 Å². The van der Waals surface area contributed by atoms with Crippen LogP contribution in [0.1, 0.15) is 28.4 Å². The molecule has 4 N–H and O–H groups in total. The predicted octanol–water partition coefficient (Wildman–Crippen LogP) is 2.22. The van der Waals surface area contributed by atoms with Gasteiger partial charge >= 0.3 is 0 Å². The van der Waals surface area contributed by atoms with Crippen LogP contribution in [-0.2, 0) is 9.59 Å². The highest BCUT2D eigenvalue weighted by Gasteiger charge is 2.07. The van der Waals surface area contributed by atoms with Crippen LogP contribution >= 0.6 is 0 Å². The molecule has 28 heavy (non-hydrogen) atoms. The van der Waals surface area contributed by atoms with Crippen LogP contribution in [-0.4, -0.2) is 37.4 Å². The number of anilines is 2. The van der Waals surface area contributed by atoms with E-state index in [-0.39, 0.29) is 24.3 Å². The van der Waals surface area contributed by atoms with Crippen molar-refractivity contribution in [3.63, 3.8) is 0 Å². The number of hydrogen-bond donors (Lipinski definition) is 4. The zero-order valence-electron chi connectivity index (χ0n) is 16.4. The van der Waals surface area contributed by atoms with Gasteiger partial charge in [0.1, 0.15) is 0 Å². The molecule has 148 valence electrons. The summed E-state index contributed by atoms with van der Waals surface area (Å²) in [4.78, 5) is 34.9. The van der Waals surface area contributed by atoms with Crippen LogP contribution in [0.3, 0.4) is 0 Å². The quantitative estimate of drug-likeness (QED) is 0.526. The molecule has 0 saturated carbocycles. The highest BCUT2D eigenvalue weighted by atomic mass is 16.2. The van der Waals surface area contributed by atoms with Gasteiger partial charge in [-0.05, 0) is 49.7 Å². The third-order valence-electron chi connectivity index (χ3n) is 4.04. The Morgan fingerprint density at radius 1 is 0.893 bits per heavy atom. The molecule has 0 unspecified atom stereocenters. The lowest BCUT2D eigenvalue weighted by atomic mass is 10.1. The van der Waals surface area contributed by atoms with Gasteiger partial charge < -0.3 is 21.3 Å². The van der Waals surface area contributed by atoms with Gasteiger partial charge in [-0.1, -0.05) is 17.7 Å². The predicted molar refractivity (Wildman–Crippen MR) is 110 cm³/mol. The number of aryl methyl sites for hydroxylation is 2. The zero-order valence-corrected chi connectivity index (χ0v) is 16.4. The van der Waals surface area contributed by atoms with Gasteiger partial charge in [-0.2, -0.15) is 0 Å². The average molecular weight is 382 g/mol. The number of carbonyl (C=O) groups excluding carboxylic acids is 3. The van der Waals surface area contributed by atoms with E-state index in [9.17, 15) is 14.4 Å². The van der Waals surface area contributed by atoms with Crippen molar-refractivity contribution in [3.05, 3.63) is 59.2 Å². The minimum Gasteiger partial charge on any atom is -0.376 e. The number of amides is 3. The molecule has 0 aromatic heterocycles. The first-order valence-electron chi connectivity index (χ1n) is 9.09. The van der Waals surface area contributed by atoms with Crippen molar-refractivity contribution in [2.75, 3.05) is 30.3 Å². The van der Waals surface area contributed by atoms with Crippen molar-refractivity contribution in [1.29, 1.82) is 0 Å². The Labute approximate surface area is 164 Å². The Morgan fingerprint density at radius 3 is 2.21 bits per heavy atom. The van der Waals surface area contributed by atoms with Crippen molar-refractivity contribution < 1.29 is 14.4 Å². The van der Waals surface area contributed by atoms with E-state index in [0.717, 1.165) is 11.3 Å². The Hall–Kier alpha value is -3.35. The summed E-state index contributed by atoms with van der Waals surface area (Å²) in [5.41, 5.74) is 4.27. The molecule has 0 fully saturated rings. The fourth-order valence-electron chi connectivity index (χ4n) is 2.61. The molecular weight excluding hydrogens is 356 g/mol. The van der Waals surface area contributed by atoms with E-state index in [1.807, 2.05) is 26.0 Å². The molecule has 0 bridgehead atoms. The maximum atomic E-state index is 12.1. The van der Waals surface area contributed by atoms with E-state index in [1.165, 1.54) is 12.5 Å². The number of carbonyl (C=O) groups is 3. The number of hydrogen-bond acceptors (Lipinski definition) is 4. The summed E-state index contributed by atoms with van der Waals surface area (Å²) in [6.45, 7) is 6.31. The summed E-state index contributed by atoms with van der Waals surface area (Å²) >= 11 is 0.